The van der Waals surface area contributed by atoms with Gasteiger partial charge in [-0.1, -0.05) is 12.1 Å². The molecule has 2 aromatic carbocycles. The van der Waals surface area contributed by atoms with Crippen molar-refractivity contribution in [3.05, 3.63) is 53.6 Å². The smallest absolute Gasteiger partial charge is 0.325 e. The Morgan fingerprint density at radius 2 is 1.97 bits per heavy atom. The topological polar surface area (TPSA) is 121 Å². The quantitative estimate of drug-likeness (QED) is 0.746. The van der Waals surface area contributed by atoms with Gasteiger partial charge in [-0.3, -0.25) is 14.5 Å². The minimum absolute atomic E-state index is 0.383. The van der Waals surface area contributed by atoms with E-state index in [4.69, 9.17) is 14.7 Å². The number of fused-ring (bicyclic) bond motifs is 1. The number of nitrogens with zero attached hydrogens (tertiary/aromatic N) is 2. The molecule has 0 saturated carbocycles. The first-order valence-electron chi connectivity index (χ1n) is 9.25. The Morgan fingerprint density at radius 1 is 1.20 bits per heavy atom. The first-order valence-corrected chi connectivity index (χ1v) is 9.25. The highest BCUT2D eigenvalue weighted by atomic mass is 16.6. The molecular formula is C21H18N4O5. The molecule has 2 N–H and O–H groups in total. The van der Waals surface area contributed by atoms with Crippen molar-refractivity contribution < 1.29 is 23.9 Å². The zero-order valence-electron chi connectivity index (χ0n) is 16.1. The van der Waals surface area contributed by atoms with Gasteiger partial charge in [-0.25, -0.2) is 4.79 Å². The molecule has 4 amide bonds. The van der Waals surface area contributed by atoms with Crippen LogP contribution in [0.3, 0.4) is 0 Å². The maximum absolute atomic E-state index is 13.0. The fraction of sp³-hybridized carbons (Fsp3) is 0.238. The van der Waals surface area contributed by atoms with Gasteiger partial charge in [-0.05, 0) is 42.8 Å². The zero-order chi connectivity index (χ0) is 21.3. The summed E-state index contributed by atoms with van der Waals surface area (Å²) in [5.41, 5.74) is -0.0297. The molecule has 152 valence electrons. The summed E-state index contributed by atoms with van der Waals surface area (Å²) >= 11 is 0. The number of hydrogen-bond acceptors (Lipinski definition) is 6. The summed E-state index contributed by atoms with van der Waals surface area (Å²) in [4.78, 5) is 38.8. The number of rotatable bonds is 4. The van der Waals surface area contributed by atoms with Crippen molar-refractivity contribution in [2.45, 2.75) is 12.5 Å². The molecular weight excluding hydrogens is 388 g/mol. The van der Waals surface area contributed by atoms with E-state index in [0.29, 0.717) is 41.5 Å². The Morgan fingerprint density at radius 3 is 2.73 bits per heavy atom. The third-order valence-corrected chi connectivity index (χ3v) is 4.97. The van der Waals surface area contributed by atoms with Crippen LogP contribution in [0.15, 0.2) is 42.5 Å². The molecule has 2 heterocycles. The standard InChI is InChI=1S/C21H18N4O5/c1-21(14-5-6-16-17(10-14)30-8-7-29-16)19(27)25(20(28)24-21)12-18(26)23-15-4-2-3-13(9-15)11-22/h2-6,9-10H,7-8,12H2,1H3,(H,23,26)(H,24,28)/t21-/m1/s1. The van der Waals surface area contributed by atoms with Crippen LogP contribution >= 0.6 is 0 Å². The van der Waals surface area contributed by atoms with E-state index in [1.165, 1.54) is 6.07 Å². The summed E-state index contributed by atoms with van der Waals surface area (Å²) in [5.74, 6) is -0.0399. The summed E-state index contributed by atoms with van der Waals surface area (Å²) in [6.45, 7) is 1.96. The first kappa shape index (κ1) is 19.3. The summed E-state index contributed by atoms with van der Waals surface area (Å²) in [6.07, 6.45) is 0. The summed E-state index contributed by atoms with van der Waals surface area (Å²) in [6, 6.07) is 12.7. The van der Waals surface area contributed by atoms with Crippen molar-refractivity contribution in [3.8, 4) is 17.6 Å². The van der Waals surface area contributed by atoms with Gasteiger partial charge >= 0.3 is 6.03 Å². The monoisotopic (exact) mass is 406 g/mol. The maximum Gasteiger partial charge on any atom is 0.325 e. The van der Waals surface area contributed by atoms with Crippen LogP contribution < -0.4 is 20.1 Å². The van der Waals surface area contributed by atoms with E-state index >= 15 is 0 Å². The van der Waals surface area contributed by atoms with Crippen LogP contribution in [0.25, 0.3) is 0 Å². The highest BCUT2D eigenvalue weighted by Crippen LogP contribution is 2.36. The van der Waals surface area contributed by atoms with Crippen molar-refractivity contribution >= 4 is 23.5 Å². The van der Waals surface area contributed by atoms with Crippen LogP contribution in [-0.4, -0.2) is 42.5 Å². The second-order valence-electron chi connectivity index (χ2n) is 7.05. The second kappa shape index (κ2) is 7.40. The predicted octanol–water partition coefficient (Wildman–Crippen LogP) is 1.74. The van der Waals surface area contributed by atoms with Crippen molar-refractivity contribution in [3.63, 3.8) is 0 Å². The number of anilines is 1. The number of benzene rings is 2. The minimum atomic E-state index is -1.34. The van der Waals surface area contributed by atoms with Gasteiger partial charge in [0.05, 0.1) is 11.6 Å². The van der Waals surface area contributed by atoms with Gasteiger partial charge in [0.2, 0.25) is 5.91 Å². The van der Waals surface area contributed by atoms with Gasteiger partial charge in [-0.15, -0.1) is 0 Å². The van der Waals surface area contributed by atoms with Gasteiger partial charge in [-0.2, -0.15) is 5.26 Å². The van der Waals surface area contributed by atoms with Crippen LogP contribution in [0.1, 0.15) is 18.1 Å². The predicted molar refractivity (Wildman–Crippen MR) is 105 cm³/mol. The van der Waals surface area contributed by atoms with Gasteiger partial charge < -0.3 is 20.1 Å². The molecule has 4 rings (SSSR count). The molecule has 0 bridgehead atoms. The molecule has 2 aliphatic rings. The van der Waals surface area contributed by atoms with E-state index in [1.807, 2.05) is 6.07 Å². The van der Waals surface area contributed by atoms with Crippen molar-refractivity contribution in [2.24, 2.45) is 0 Å². The van der Waals surface area contributed by atoms with Crippen LogP contribution in [0.2, 0.25) is 0 Å². The summed E-state index contributed by atoms with van der Waals surface area (Å²) in [5, 5.41) is 14.2. The SMILES string of the molecule is C[C@]1(c2ccc3c(c2)OCCO3)NC(=O)N(CC(=O)Nc2cccc(C#N)c2)C1=O. The van der Waals surface area contributed by atoms with Crippen LogP contribution in [0.4, 0.5) is 10.5 Å². The Balaban J connectivity index is 1.51. The summed E-state index contributed by atoms with van der Waals surface area (Å²) in [7, 11) is 0. The minimum Gasteiger partial charge on any atom is -0.486 e. The number of ether oxygens (including phenoxy) is 2. The van der Waals surface area contributed by atoms with Gasteiger partial charge in [0.1, 0.15) is 25.3 Å². The normalized spacial score (nSPS) is 19.8. The number of nitriles is 1. The molecule has 0 aromatic heterocycles. The molecule has 9 heteroatoms. The second-order valence-corrected chi connectivity index (χ2v) is 7.05. The zero-order valence-corrected chi connectivity index (χ0v) is 16.1. The molecule has 9 nitrogen and oxygen atoms in total. The van der Waals surface area contributed by atoms with E-state index in [-0.39, 0.29) is 0 Å². The average molecular weight is 406 g/mol. The number of hydrogen-bond donors (Lipinski definition) is 2. The molecule has 1 fully saturated rings. The van der Waals surface area contributed by atoms with Gasteiger partial charge in [0.25, 0.3) is 5.91 Å². The maximum atomic E-state index is 13.0. The number of carbonyl (C=O) groups excluding carboxylic acids is 3. The number of imide groups is 1. The lowest BCUT2D eigenvalue weighted by Crippen LogP contribution is -2.42. The molecule has 1 saturated heterocycles. The highest BCUT2D eigenvalue weighted by molar-refractivity contribution is 6.10. The van der Waals surface area contributed by atoms with E-state index in [9.17, 15) is 14.4 Å². The van der Waals surface area contributed by atoms with Crippen LogP contribution in [0.5, 0.6) is 11.5 Å². The molecule has 0 unspecified atom stereocenters. The Hall–Kier alpha value is -4.06. The first-order chi connectivity index (χ1) is 14.4. The van der Waals surface area contributed by atoms with Crippen molar-refractivity contribution in [1.82, 2.24) is 10.2 Å². The lowest BCUT2D eigenvalue weighted by molar-refractivity contribution is -0.133. The van der Waals surface area contributed by atoms with Gasteiger partial charge in [0.15, 0.2) is 11.5 Å². The number of carbonyl (C=O) groups is 3. The Bertz CT molecular complexity index is 1090. The largest absolute Gasteiger partial charge is 0.486 e. The third-order valence-electron chi connectivity index (χ3n) is 4.97. The lowest BCUT2D eigenvalue weighted by atomic mass is 9.91. The van der Waals surface area contributed by atoms with Crippen LogP contribution in [-0.2, 0) is 15.1 Å². The molecule has 30 heavy (non-hydrogen) atoms. The number of amides is 4. The number of nitrogens with one attached hydrogen (secondary N) is 2. The van der Waals surface area contributed by atoms with E-state index in [1.54, 1.807) is 43.3 Å². The Labute approximate surface area is 172 Å². The van der Waals surface area contributed by atoms with E-state index < -0.39 is 29.9 Å². The van der Waals surface area contributed by atoms with Crippen molar-refractivity contribution in [1.29, 1.82) is 5.26 Å². The van der Waals surface area contributed by atoms with Crippen LogP contribution in [0, 0.1) is 11.3 Å². The number of urea groups is 1. The molecule has 2 aliphatic heterocycles. The molecule has 0 radical (unpaired) electrons. The fourth-order valence-electron chi connectivity index (χ4n) is 3.40. The molecule has 2 aromatic rings. The summed E-state index contributed by atoms with van der Waals surface area (Å²) < 4.78 is 11.0. The third kappa shape index (κ3) is 3.39. The highest BCUT2D eigenvalue weighted by Gasteiger charge is 2.49. The molecule has 1 atom stereocenters. The fourth-order valence-corrected chi connectivity index (χ4v) is 3.40. The average Bonchev–Trinajstić information content (AvgIpc) is 2.97. The molecule has 0 aliphatic carbocycles. The lowest BCUT2D eigenvalue weighted by Gasteiger charge is -2.25. The van der Waals surface area contributed by atoms with E-state index in [0.717, 1.165) is 4.90 Å². The Kier molecular flexibility index (Phi) is 4.75. The van der Waals surface area contributed by atoms with Gasteiger partial charge in [0, 0.05) is 5.69 Å². The van der Waals surface area contributed by atoms with E-state index in [2.05, 4.69) is 10.6 Å². The molecule has 0 spiro atoms. The van der Waals surface area contributed by atoms with Crippen molar-refractivity contribution in [2.75, 3.05) is 25.1 Å².